The molecule has 0 N–H and O–H groups in total. The van der Waals surface area contributed by atoms with Gasteiger partial charge in [-0.2, -0.15) is 5.06 Å². The number of hydrogen-bond acceptors (Lipinski definition) is 4. The molecule has 4 nitrogen and oxygen atoms in total. The summed E-state index contributed by atoms with van der Waals surface area (Å²) >= 11 is 0. The second-order valence-electron chi connectivity index (χ2n) is 7.30. The topological polar surface area (TPSA) is 38.8 Å². The number of benzene rings is 1. The first-order valence-corrected chi connectivity index (χ1v) is 7.94. The summed E-state index contributed by atoms with van der Waals surface area (Å²) < 4.78 is 4.82. The Morgan fingerprint density at radius 1 is 1.09 bits per heavy atom. The quantitative estimate of drug-likeness (QED) is 0.762. The van der Waals surface area contributed by atoms with Crippen molar-refractivity contribution in [1.82, 2.24) is 5.06 Å². The van der Waals surface area contributed by atoms with E-state index in [0.717, 1.165) is 18.4 Å². The van der Waals surface area contributed by atoms with Gasteiger partial charge in [0.15, 0.2) is 0 Å². The Balaban J connectivity index is 2.12. The summed E-state index contributed by atoms with van der Waals surface area (Å²) in [5, 5.41) is 2.17. The molecule has 1 atom stereocenters. The van der Waals surface area contributed by atoms with E-state index in [4.69, 9.17) is 9.57 Å². The van der Waals surface area contributed by atoms with Crippen LogP contribution in [0.5, 0.6) is 5.75 Å². The molecule has 22 heavy (non-hydrogen) atoms. The molecule has 1 unspecified atom stereocenters. The van der Waals surface area contributed by atoms with Gasteiger partial charge in [-0.25, -0.2) is 0 Å². The van der Waals surface area contributed by atoms with Crippen molar-refractivity contribution in [2.75, 3.05) is 0 Å². The summed E-state index contributed by atoms with van der Waals surface area (Å²) in [5.74, 6) is 0.546. The highest BCUT2D eigenvalue weighted by Crippen LogP contribution is 2.40. The van der Waals surface area contributed by atoms with Crippen molar-refractivity contribution in [2.45, 2.75) is 71.1 Å². The van der Waals surface area contributed by atoms with Gasteiger partial charge in [-0.05, 0) is 71.6 Å². The van der Waals surface area contributed by atoms with Crippen LogP contribution in [0, 0.1) is 0 Å². The molecule has 1 aliphatic heterocycles. The zero-order valence-electron chi connectivity index (χ0n) is 14.3. The summed E-state index contributed by atoms with van der Waals surface area (Å²) in [6, 6.07) is 7.45. The molecule has 1 heterocycles. The highest BCUT2D eigenvalue weighted by molar-refractivity contribution is 5.45. The Bertz CT molecular complexity index is 492. The molecule has 0 saturated carbocycles. The van der Waals surface area contributed by atoms with E-state index >= 15 is 0 Å². The number of hydroxylamine groups is 2. The monoisotopic (exact) mass is 305 g/mol. The lowest BCUT2D eigenvalue weighted by atomic mass is 9.82. The van der Waals surface area contributed by atoms with Crippen molar-refractivity contribution in [3.05, 3.63) is 29.8 Å². The lowest BCUT2D eigenvalue weighted by Crippen LogP contribution is -2.58. The second kappa shape index (κ2) is 6.39. The average Bonchev–Trinajstić information content (AvgIpc) is 2.43. The van der Waals surface area contributed by atoms with E-state index in [-0.39, 0.29) is 17.2 Å². The van der Waals surface area contributed by atoms with Crippen LogP contribution >= 0.6 is 0 Å². The Labute approximate surface area is 133 Å². The fourth-order valence-corrected chi connectivity index (χ4v) is 3.35. The maximum absolute atomic E-state index is 10.3. The van der Waals surface area contributed by atoms with Crippen LogP contribution in [0.4, 0.5) is 0 Å². The first-order chi connectivity index (χ1) is 10.3. The summed E-state index contributed by atoms with van der Waals surface area (Å²) in [5.41, 5.74) is 1.11. The van der Waals surface area contributed by atoms with Gasteiger partial charge >= 0.3 is 0 Å². The molecule has 0 spiro atoms. The summed E-state index contributed by atoms with van der Waals surface area (Å²) in [6.07, 6.45) is 3.44. The van der Waals surface area contributed by atoms with Crippen LogP contribution in [0.1, 0.15) is 65.5 Å². The molecule has 1 aromatic carbocycles. The number of piperidine rings is 1. The predicted octanol–water partition coefficient (Wildman–Crippen LogP) is 4.26. The van der Waals surface area contributed by atoms with E-state index in [2.05, 4.69) is 39.7 Å². The maximum Gasteiger partial charge on any atom is 0.298 e. The molecule has 0 radical (unpaired) electrons. The van der Waals surface area contributed by atoms with E-state index in [9.17, 15) is 4.79 Å². The SMILES string of the molecule is CC(ON1C(C)(C)CCCC1(C)C)c1ccc(OC=O)cc1. The maximum atomic E-state index is 10.3. The van der Waals surface area contributed by atoms with Gasteiger partial charge in [0, 0.05) is 11.1 Å². The van der Waals surface area contributed by atoms with Crippen molar-refractivity contribution < 1.29 is 14.4 Å². The molecule has 1 aromatic rings. The Kier molecular flexibility index (Phi) is 4.93. The highest BCUT2D eigenvalue weighted by atomic mass is 16.7. The fourth-order valence-electron chi connectivity index (χ4n) is 3.35. The molecular formula is C18H27NO3. The zero-order valence-corrected chi connectivity index (χ0v) is 14.3. The highest BCUT2D eigenvalue weighted by Gasteiger charge is 2.43. The van der Waals surface area contributed by atoms with Gasteiger partial charge in [0.05, 0.1) is 0 Å². The molecule has 1 aliphatic rings. The lowest BCUT2D eigenvalue weighted by Gasteiger charge is -2.52. The van der Waals surface area contributed by atoms with Gasteiger partial charge < -0.3 is 4.74 Å². The third-order valence-electron chi connectivity index (χ3n) is 4.47. The molecular weight excluding hydrogens is 278 g/mol. The van der Waals surface area contributed by atoms with Crippen LogP contribution in [-0.4, -0.2) is 22.6 Å². The van der Waals surface area contributed by atoms with Gasteiger partial charge in [-0.3, -0.25) is 9.63 Å². The van der Waals surface area contributed by atoms with Gasteiger partial charge in [-0.1, -0.05) is 12.1 Å². The normalized spacial score (nSPS) is 22.0. The number of ether oxygens (including phenoxy) is 1. The minimum atomic E-state index is -0.0538. The molecule has 4 heteroatoms. The Morgan fingerprint density at radius 3 is 2.14 bits per heavy atom. The lowest BCUT2D eigenvalue weighted by molar-refractivity contribution is -0.304. The molecule has 2 rings (SSSR count). The minimum Gasteiger partial charge on any atom is -0.429 e. The smallest absolute Gasteiger partial charge is 0.298 e. The standard InChI is InChI=1S/C18H27NO3/c1-14(15-7-9-16(10-8-15)21-13-20)22-19-17(2,3)11-6-12-18(19,4)5/h7-10,13-14H,6,11-12H2,1-5H3. The predicted molar refractivity (Wildman–Crippen MR) is 86.5 cm³/mol. The van der Waals surface area contributed by atoms with Crippen LogP contribution in [0.25, 0.3) is 0 Å². The van der Waals surface area contributed by atoms with Crippen LogP contribution in [0.3, 0.4) is 0 Å². The number of carbonyl (C=O) groups is 1. The van der Waals surface area contributed by atoms with E-state index in [1.54, 1.807) is 12.1 Å². The summed E-state index contributed by atoms with van der Waals surface area (Å²) in [7, 11) is 0. The van der Waals surface area contributed by atoms with Crippen LogP contribution in [-0.2, 0) is 9.63 Å². The number of carbonyl (C=O) groups excluding carboxylic acids is 1. The average molecular weight is 305 g/mol. The van der Waals surface area contributed by atoms with E-state index < -0.39 is 0 Å². The first-order valence-electron chi connectivity index (χ1n) is 7.94. The number of rotatable bonds is 5. The van der Waals surface area contributed by atoms with Crippen molar-refractivity contribution in [2.24, 2.45) is 0 Å². The van der Waals surface area contributed by atoms with E-state index in [1.807, 2.05) is 12.1 Å². The van der Waals surface area contributed by atoms with Crippen molar-refractivity contribution in [3.63, 3.8) is 0 Å². The first kappa shape index (κ1) is 17.0. The van der Waals surface area contributed by atoms with Crippen molar-refractivity contribution >= 4 is 6.47 Å². The third-order valence-corrected chi connectivity index (χ3v) is 4.47. The molecule has 1 saturated heterocycles. The largest absolute Gasteiger partial charge is 0.429 e. The summed E-state index contributed by atoms with van der Waals surface area (Å²) in [6.45, 7) is 11.4. The molecule has 122 valence electrons. The number of hydrogen-bond donors (Lipinski definition) is 0. The zero-order chi connectivity index (χ0) is 16.4. The molecule has 0 bridgehead atoms. The Hall–Kier alpha value is -1.39. The van der Waals surface area contributed by atoms with Crippen molar-refractivity contribution in [3.8, 4) is 5.75 Å². The van der Waals surface area contributed by atoms with Crippen molar-refractivity contribution in [1.29, 1.82) is 0 Å². The minimum absolute atomic E-state index is 0.0244. The van der Waals surface area contributed by atoms with Gasteiger partial charge in [-0.15, -0.1) is 0 Å². The van der Waals surface area contributed by atoms with Gasteiger partial charge in [0.25, 0.3) is 6.47 Å². The number of nitrogens with zero attached hydrogens (tertiary/aromatic N) is 1. The second-order valence-corrected chi connectivity index (χ2v) is 7.30. The van der Waals surface area contributed by atoms with E-state index in [0.29, 0.717) is 12.2 Å². The molecule has 0 aromatic heterocycles. The fraction of sp³-hybridized carbons (Fsp3) is 0.611. The van der Waals surface area contributed by atoms with Crippen LogP contribution < -0.4 is 4.74 Å². The molecule has 1 fully saturated rings. The van der Waals surface area contributed by atoms with Gasteiger partial charge in [0.1, 0.15) is 11.9 Å². The molecule has 0 aliphatic carbocycles. The molecule has 0 amide bonds. The van der Waals surface area contributed by atoms with Gasteiger partial charge in [0.2, 0.25) is 0 Å². The third kappa shape index (κ3) is 3.68. The Morgan fingerprint density at radius 2 is 1.64 bits per heavy atom. The van der Waals surface area contributed by atoms with E-state index in [1.165, 1.54) is 6.42 Å². The summed E-state index contributed by atoms with van der Waals surface area (Å²) in [4.78, 5) is 16.7. The van der Waals surface area contributed by atoms with Crippen LogP contribution in [0.15, 0.2) is 24.3 Å². The van der Waals surface area contributed by atoms with Crippen LogP contribution in [0.2, 0.25) is 0 Å².